The SMILES string of the molecule is CCn1c2ccccc2c2cc(N3C(=O)C(O)=C(c4ccc(NC(C)=O)cc4)C3=O)ccc21. The van der Waals surface area contributed by atoms with Gasteiger partial charge in [0.05, 0.1) is 11.3 Å². The maximum absolute atomic E-state index is 13.3. The lowest BCUT2D eigenvalue weighted by Gasteiger charge is -2.15. The maximum atomic E-state index is 13.3. The number of aromatic nitrogens is 1. The Bertz CT molecular complexity index is 1500. The zero-order valence-corrected chi connectivity index (χ0v) is 18.1. The first kappa shape index (κ1) is 20.5. The van der Waals surface area contributed by atoms with Crippen molar-refractivity contribution in [2.75, 3.05) is 10.2 Å². The first-order valence-electron chi connectivity index (χ1n) is 10.6. The molecule has 1 aliphatic heterocycles. The molecular formula is C26H21N3O4. The van der Waals surface area contributed by atoms with Gasteiger partial charge in [0, 0.05) is 41.0 Å². The Kier molecular flexibility index (Phi) is 4.74. The summed E-state index contributed by atoms with van der Waals surface area (Å²) in [4.78, 5) is 38.4. The average Bonchev–Trinajstić information content (AvgIpc) is 3.24. The zero-order valence-electron chi connectivity index (χ0n) is 18.1. The number of hydrogen-bond donors (Lipinski definition) is 2. The van der Waals surface area contributed by atoms with Gasteiger partial charge in [-0.15, -0.1) is 0 Å². The van der Waals surface area contributed by atoms with Crippen LogP contribution < -0.4 is 10.2 Å². The molecule has 0 aliphatic carbocycles. The summed E-state index contributed by atoms with van der Waals surface area (Å²) in [5.74, 6) is -2.17. The van der Waals surface area contributed by atoms with Crippen molar-refractivity contribution in [3.63, 3.8) is 0 Å². The minimum atomic E-state index is -0.764. The third-order valence-electron chi connectivity index (χ3n) is 5.88. The van der Waals surface area contributed by atoms with Gasteiger partial charge in [-0.05, 0) is 48.9 Å². The smallest absolute Gasteiger partial charge is 0.301 e. The van der Waals surface area contributed by atoms with Crippen molar-refractivity contribution < 1.29 is 19.5 Å². The molecule has 0 radical (unpaired) electrons. The van der Waals surface area contributed by atoms with Gasteiger partial charge in [-0.1, -0.05) is 30.3 Å². The van der Waals surface area contributed by atoms with Crippen LogP contribution in [0.4, 0.5) is 11.4 Å². The van der Waals surface area contributed by atoms with Crippen LogP contribution in [0.15, 0.2) is 72.5 Å². The van der Waals surface area contributed by atoms with Gasteiger partial charge in [0.1, 0.15) is 0 Å². The highest BCUT2D eigenvalue weighted by atomic mass is 16.3. The van der Waals surface area contributed by atoms with Gasteiger partial charge in [0.2, 0.25) is 5.91 Å². The number of benzene rings is 3. The molecule has 1 aromatic heterocycles. The Morgan fingerprint density at radius 3 is 2.30 bits per heavy atom. The maximum Gasteiger partial charge on any atom is 0.301 e. The number of carbonyl (C=O) groups is 3. The molecule has 33 heavy (non-hydrogen) atoms. The first-order chi connectivity index (χ1) is 15.9. The number of anilines is 2. The van der Waals surface area contributed by atoms with E-state index in [9.17, 15) is 19.5 Å². The highest BCUT2D eigenvalue weighted by Gasteiger charge is 2.40. The predicted octanol–water partition coefficient (Wildman–Crippen LogP) is 4.62. The van der Waals surface area contributed by atoms with Gasteiger partial charge in [-0.25, -0.2) is 4.90 Å². The molecular weight excluding hydrogens is 418 g/mol. The van der Waals surface area contributed by atoms with Crippen LogP contribution in [0, 0.1) is 0 Å². The van der Waals surface area contributed by atoms with Gasteiger partial charge in [0.25, 0.3) is 5.91 Å². The number of aliphatic hydroxyl groups excluding tert-OH is 1. The Morgan fingerprint density at radius 2 is 1.61 bits per heavy atom. The number of rotatable bonds is 4. The van der Waals surface area contributed by atoms with Crippen LogP contribution >= 0.6 is 0 Å². The van der Waals surface area contributed by atoms with Crippen LogP contribution in [0.5, 0.6) is 0 Å². The van der Waals surface area contributed by atoms with Gasteiger partial charge < -0.3 is 15.0 Å². The number of amides is 3. The lowest BCUT2D eigenvalue weighted by molar-refractivity contribution is -0.121. The van der Waals surface area contributed by atoms with Crippen molar-refractivity contribution >= 4 is 56.5 Å². The van der Waals surface area contributed by atoms with E-state index in [0.29, 0.717) is 16.9 Å². The van der Waals surface area contributed by atoms with Gasteiger partial charge >= 0.3 is 5.91 Å². The molecule has 3 amide bonds. The summed E-state index contributed by atoms with van der Waals surface area (Å²) >= 11 is 0. The van der Waals surface area contributed by atoms with Crippen LogP contribution in [0.2, 0.25) is 0 Å². The second-order valence-electron chi connectivity index (χ2n) is 7.89. The lowest BCUT2D eigenvalue weighted by atomic mass is 10.0. The van der Waals surface area contributed by atoms with E-state index in [0.717, 1.165) is 33.3 Å². The Labute approximate surface area is 189 Å². The van der Waals surface area contributed by atoms with Crippen LogP contribution in [0.1, 0.15) is 19.4 Å². The molecule has 164 valence electrons. The van der Waals surface area contributed by atoms with E-state index in [-0.39, 0.29) is 11.5 Å². The van der Waals surface area contributed by atoms with Crippen molar-refractivity contribution in [1.29, 1.82) is 0 Å². The Morgan fingerprint density at radius 1 is 0.909 bits per heavy atom. The number of aryl methyl sites for hydroxylation is 1. The molecule has 0 spiro atoms. The van der Waals surface area contributed by atoms with Crippen molar-refractivity contribution in [2.24, 2.45) is 0 Å². The fourth-order valence-corrected chi connectivity index (χ4v) is 4.46. The number of aliphatic hydroxyl groups is 1. The standard InChI is InChI=1S/C26H21N3O4/c1-3-28-21-7-5-4-6-19(21)20-14-18(12-13-22(20)28)29-25(32)23(24(31)26(29)33)16-8-10-17(11-9-16)27-15(2)30/h4-14,31H,3H2,1-2H3,(H,27,30). The number of fused-ring (bicyclic) bond motifs is 3. The number of nitrogens with one attached hydrogen (secondary N) is 1. The van der Waals surface area contributed by atoms with E-state index in [4.69, 9.17) is 0 Å². The molecule has 0 bridgehead atoms. The normalized spacial score (nSPS) is 14.1. The Hall–Kier alpha value is -4.39. The minimum absolute atomic E-state index is 0.0644. The van der Waals surface area contributed by atoms with Crippen LogP contribution in [-0.4, -0.2) is 27.4 Å². The molecule has 0 saturated carbocycles. The topological polar surface area (TPSA) is 91.6 Å². The largest absolute Gasteiger partial charge is 0.502 e. The molecule has 0 saturated heterocycles. The third kappa shape index (κ3) is 3.17. The van der Waals surface area contributed by atoms with Crippen LogP contribution in [0.3, 0.4) is 0 Å². The molecule has 7 heteroatoms. The molecule has 2 N–H and O–H groups in total. The first-order valence-corrected chi connectivity index (χ1v) is 10.6. The molecule has 0 fully saturated rings. The van der Waals surface area contributed by atoms with E-state index in [1.165, 1.54) is 6.92 Å². The molecule has 4 aromatic rings. The molecule has 2 heterocycles. The molecule has 7 nitrogen and oxygen atoms in total. The van der Waals surface area contributed by atoms with Gasteiger partial charge in [0.15, 0.2) is 5.76 Å². The monoisotopic (exact) mass is 439 g/mol. The van der Waals surface area contributed by atoms with Crippen molar-refractivity contribution in [1.82, 2.24) is 4.57 Å². The second kappa shape index (κ2) is 7.63. The number of imide groups is 1. The molecule has 0 atom stereocenters. The molecule has 0 unspecified atom stereocenters. The summed E-state index contributed by atoms with van der Waals surface area (Å²) < 4.78 is 2.18. The number of para-hydroxylation sites is 1. The number of nitrogens with zero attached hydrogens (tertiary/aromatic N) is 2. The zero-order chi connectivity index (χ0) is 23.3. The van der Waals surface area contributed by atoms with Crippen molar-refractivity contribution in [2.45, 2.75) is 20.4 Å². The fourth-order valence-electron chi connectivity index (χ4n) is 4.46. The summed E-state index contributed by atoms with van der Waals surface area (Å²) in [5, 5.41) is 15.2. The van der Waals surface area contributed by atoms with Crippen molar-refractivity contribution in [3.05, 3.63) is 78.1 Å². The Balaban J connectivity index is 1.56. The molecule has 1 aliphatic rings. The van der Waals surface area contributed by atoms with Gasteiger partial charge in [-0.2, -0.15) is 0 Å². The average molecular weight is 439 g/mol. The third-order valence-corrected chi connectivity index (χ3v) is 5.88. The summed E-state index contributed by atoms with van der Waals surface area (Å²) in [6.45, 7) is 4.25. The van der Waals surface area contributed by atoms with E-state index >= 15 is 0 Å². The highest BCUT2D eigenvalue weighted by Crippen LogP contribution is 2.36. The van der Waals surface area contributed by atoms with E-state index in [1.807, 2.05) is 36.4 Å². The van der Waals surface area contributed by atoms with E-state index in [1.54, 1.807) is 30.3 Å². The number of hydrogen-bond acceptors (Lipinski definition) is 4. The highest BCUT2D eigenvalue weighted by molar-refractivity contribution is 6.45. The lowest BCUT2D eigenvalue weighted by Crippen LogP contribution is -2.31. The quantitative estimate of drug-likeness (QED) is 0.454. The van der Waals surface area contributed by atoms with Crippen LogP contribution in [0.25, 0.3) is 27.4 Å². The summed E-state index contributed by atoms with van der Waals surface area (Å²) in [6.07, 6.45) is 0. The summed E-state index contributed by atoms with van der Waals surface area (Å²) in [6, 6.07) is 19.8. The van der Waals surface area contributed by atoms with E-state index < -0.39 is 17.6 Å². The minimum Gasteiger partial charge on any atom is -0.502 e. The summed E-state index contributed by atoms with van der Waals surface area (Å²) in [5.41, 5.74) is 3.36. The van der Waals surface area contributed by atoms with E-state index in [2.05, 4.69) is 16.8 Å². The van der Waals surface area contributed by atoms with Crippen molar-refractivity contribution in [3.8, 4) is 0 Å². The van der Waals surface area contributed by atoms with Crippen LogP contribution in [-0.2, 0) is 20.9 Å². The summed E-state index contributed by atoms with van der Waals surface area (Å²) in [7, 11) is 0. The second-order valence-corrected chi connectivity index (χ2v) is 7.89. The molecule has 3 aromatic carbocycles. The van der Waals surface area contributed by atoms with Gasteiger partial charge in [-0.3, -0.25) is 14.4 Å². The predicted molar refractivity (Wildman–Crippen MR) is 128 cm³/mol. The molecule has 5 rings (SSSR count). The number of carbonyl (C=O) groups excluding carboxylic acids is 3. The fraction of sp³-hybridized carbons (Fsp3) is 0.115.